The Morgan fingerprint density at radius 1 is 1.19 bits per heavy atom. The van der Waals surface area contributed by atoms with Gasteiger partial charge in [-0.3, -0.25) is 4.90 Å². The van der Waals surface area contributed by atoms with E-state index in [0.717, 1.165) is 34.0 Å². The lowest BCUT2D eigenvalue weighted by atomic mass is 10.2. The molecule has 0 saturated heterocycles. The van der Waals surface area contributed by atoms with Crippen LogP contribution in [0.4, 0.5) is 27.5 Å². The minimum atomic E-state index is -0.179. The van der Waals surface area contributed by atoms with Gasteiger partial charge in [-0.15, -0.1) is 11.3 Å². The zero-order valence-electron chi connectivity index (χ0n) is 14.5. The Hall–Kier alpha value is -3.06. The quantitative estimate of drug-likeness (QED) is 0.632. The summed E-state index contributed by atoms with van der Waals surface area (Å²) in [6.07, 6.45) is -0.0446. The van der Waals surface area contributed by atoms with E-state index in [4.69, 9.17) is 0 Å². The lowest BCUT2D eigenvalue weighted by molar-refractivity contribution is 0.258. The first-order valence-electron chi connectivity index (χ1n) is 8.27. The topological polar surface area (TPSA) is 69.3 Å². The van der Waals surface area contributed by atoms with E-state index in [1.807, 2.05) is 60.3 Å². The predicted molar refractivity (Wildman–Crippen MR) is 107 cm³/mol. The lowest BCUT2D eigenvalue weighted by Crippen LogP contribution is -2.31. The Labute approximate surface area is 155 Å². The first-order valence-corrected chi connectivity index (χ1v) is 9.21. The highest BCUT2D eigenvalue weighted by Crippen LogP contribution is 2.37. The van der Waals surface area contributed by atoms with Gasteiger partial charge < -0.3 is 16.0 Å². The van der Waals surface area contributed by atoms with Crippen LogP contribution >= 0.6 is 11.3 Å². The zero-order chi connectivity index (χ0) is 18.1. The van der Waals surface area contributed by atoms with Crippen molar-refractivity contribution in [2.24, 2.45) is 0 Å². The standard InChI is InChI=1S/C19H19N5OS/c1-12-5-3-4-6-17(12)24(2)19(25)21-13-7-8-14-15(9-13)23-18(22-14)16-10-26-11-20-16/h3-11,18,22-23H,1-2H3,(H,21,25). The number of carbonyl (C=O) groups excluding carboxylic acids is 1. The molecule has 1 aliphatic heterocycles. The Bertz CT molecular complexity index is 941. The number of aryl methyl sites for hydroxylation is 1. The Morgan fingerprint density at radius 2 is 2.00 bits per heavy atom. The third-order valence-corrected chi connectivity index (χ3v) is 5.00. The van der Waals surface area contributed by atoms with Gasteiger partial charge in [0.05, 0.1) is 22.6 Å². The minimum absolute atomic E-state index is 0.0446. The van der Waals surface area contributed by atoms with Crippen LogP contribution in [0.3, 0.4) is 0 Å². The third-order valence-electron chi connectivity index (χ3n) is 4.40. The fraction of sp³-hybridized carbons (Fsp3) is 0.158. The molecule has 26 heavy (non-hydrogen) atoms. The van der Waals surface area contributed by atoms with Crippen LogP contribution in [-0.4, -0.2) is 18.1 Å². The van der Waals surface area contributed by atoms with Gasteiger partial charge in [-0.1, -0.05) is 18.2 Å². The average Bonchev–Trinajstić information content (AvgIpc) is 3.30. The summed E-state index contributed by atoms with van der Waals surface area (Å²) < 4.78 is 0. The number of hydrogen-bond acceptors (Lipinski definition) is 5. The number of rotatable bonds is 3. The molecule has 4 rings (SSSR count). The number of aromatic nitrogens is 1. The van der Waals surface area contributed by atoms with Crippen molar-refractivity contribution < 1.29 is 4.79 Å². The van der Waals surface area contributed by atoms with Gasteiger partial charge in [0.1, 0.15) is 6.17 Å². The van der Waals surface area contributed by atoms with E-state index in [1.165, 1.54) is 0 Å². The predicted octanol–water partition coefficient (Wildman–Crippen LogP) is 4.66. The Morgan fingerprint density at radius 3 is 2.77 bits per heavy atom. The van der Waals surface area contributed by atoms with Gasteiger partial charge >= 0.3 is 6.03 Å². The van der Waals surface area contributed by atoms with Crippen molar-refractivity contribution in [3.05, 3.63) is 64.6 Å². The molecular formula is C19H19N5OS. The van der Waals surface area contributed by atoms with Crippen LogP contribution in [0, 0.1) is 6.92 Å². The summed E-state index contributed by atoms with van der Waals surface area (Å²) in [7, 11) is 1.77. The molecule has 0 aliphatic carbocycles. The summed E-state index contributed by atoms with van der Waals surface area (Å²) in [6, 6.07) is 13.4. The van der Waals surface area contributed by atoms with Gasteiger partial charge in [-0.25, -0.2) is 9.78 Å². The molecule has 0 fully saturated rings. The molecule has 2 aromatic carbocycles. The highest BCUT2D eigenvalue weighted by molar-refractivity contribution is 7.07. The number of nitrogens with one attached hydrogen (secondary N) is 3. The summed E-state index contributed by atoms with van der Waals surface area (Å²) in [6.45, 7) is 1.99. The smallest absolute Gasteiger partial charge is 0.326 e. The van der Waals surface area contributed by atoms with Gasteiger partial charge in [0, 0.05) is 23.8 Å². The van der Waals surface area contributed by atoms with Crippen molar-refractivity contribution in [3.8, 4) is 0 Å². The summed E-state index contributed by atoms with van der Waals surface area (Å²) >= 11 is 1.57. The molecule has 2 heterocycles. The molecule has 0 saturated carbocycles. The third kappa shape index (κ3) is 3.09. The maximum absolute atomic E-state index is 12.6. The zero-order valence-corrected chi connectivity index (χ0v) is 15.3. The van der Waals surface area contributed by atoms with Crippen LogP contribution in [0.5, 0.6) is 0 Å². The van der Waals surface area contributed by atoms with E-state index in [-0.39, 0.29) is 12.2 Å². The SMILES string of the molecule is Cc1ccccc1N(C)C(=O)Nc1ccc2c(c1)NC(c1cscn1)N2. The number of nitrogens with zero attached hydrogens (tertiary/aromatic N) is 2. The number of fused-ring (bicyclic) bond motifs is 1. The van der Waals surface area contributed by atoms with Crippen molar-refractivity contribution in [2.45, 2.75) is 13.1 Å². The van der Waals surface area contributed by atoms with Crippen LogP contribution in [0.1, 0.15) is 17.4 Å². The van der Waals surface area contributed by atoms with Gasteiger partial charge in [-0.2, -0.15) is 0 Å². The first-order chi connectivity index (χ1) is 12.6. The fourth-order valence-corrected chi connectivity index (χ4v) is 3.56. The maximum Gasteiger partial charge on any atom is 0.326 e. The van der Waals surface area contributed by atoms with Crippen molar-refractivity contribution in [3.63, 3.8) is 0 Å². The second kappa shape index (κ2) is 6.68. The van der Waals surface area contributed by atoms with Crippen LogP contribution in [0.2, 0.25) is 0 Å². The van der Waals surface area contributed by atoms with Crippen molar-refractivity contribution in [2.75, 3.05) is 27.9 Å². The highest BCUT2D eigenvalue weighted by Gasteiger charge is 2.23. The van der Waals surface area contributed by atoms with Crippen LogP contribution < -0.4 is 20.9 Å². The molecule has 1 aromatic heterocycles. The molecule has 0 radical (unpaired) electrons. The summed E-state index contributed by atoms with van der Waals surface area (Å²) in [4.78, 5) is 18.5. The number of hydrogen-bond donors (Lipinski definition) is 3. The Balaban J connectivity index is 1.48. The minimum Gasteiger partial charge on any atom is -0.359 e. The van der Waals surface area contributed by atoms with Crippen molar-refractivity contribution in [1.82, 2.24) is 4.98 Å². The van der Waals surface area contributed by atoms with Gasteiger partial charge in [0.25, 0.3) is 0 Å². The molecule has 1 unspecified atom stereocenters. The van der Waals surface area contributed by atoms with Crippen LogP contribution in [-0.2, 0) is 0 Å². The van der Waals surface area contributed by atoms with E-state index in [0.29, 0.717) is 0 Å². The van der Waals surface area contributed by atoms with Crippen molar-refractivity contribution >= 4 is 40.1 Å². The van der Waals surface area contributed by atoms with E-state index in [9.17, 15) is 4.79 Å². The second-order valence-corrected chi connectivity index (χ2v) is 6.89. The molecule has 1 atom stereocenters. The molecule has 7 heteroatoms. The highest BCUT2D eigenvalue weighted by atomic mass is 32.1. The number of benzene rings is 2. The number of thiazole rings is 1. The van der Waals surface area contributed by atoms with Crippen molar-refractivity contribution in [1.29, 1.82) is 0 Å². The van der Waals surface area contributed by atoms with Crippen LogP contribution in [0.25, 0.3) is 0 Å². The van der Waals surface area contributed by atoms with Gasteiger partial charge in [0.15, 0.2) is 0 Å². The number of anilines is 4. The van der Waals surface area contributed by atoms with E-state index < -0.39 is 0 Å². The molecule has 3 aromatic rings. The number of para-hydroxylation sites is 1. The number of carbonyl (C=O) groups is 1. The summed E-state index contributed by atoms with van der Waals surface area (Å²) in [5.74, 6) is 0. The summed E-state index contributed by atoms with van der Waals surface area (Å²) in [5.41, 5.74) is 7.38. The molecule has 6 nitrogen and oxygen atoms in total. The molecule has 1 aliphatic rings. The Kier molecular flexibility index (Phi) is 4.22. The molecule has 132 valence electrons. The normalized spacial score (nSPS) is 14.9. The first kappa shape index (κ1) is 16.4. The maximum atomic E-state index is 12.6. The van der Waals surface area contributed by atoms with Gasteiger partial charge in [0.2, 0.25) is 0 Å². The van der Waals surface area contributed by atoms with E-state index in [2.05, 4.69) is 20.9 Å². The van der Waals surface area contributed by atoms with E-state index >= 15 is 0 Å². The van der Waals surface area contributed by atoms with Gasteiger partial charge in [-0.05, 0) is 36.8 Å². The molecule has 0 spiro atoms. The molecular weight excluding hydrogens is 346 g/mol. The molecule has 3 N–H and O–H groups in total. The molecule has 0 bridgehead atoms. The number of urea groups is 1. The van der Waals surface area contributed by atoms with E-state index in [1.54, 1.807) is 23.3 Å². The summed E-state index contributed by atoms with van der Waals surface area (Å²) in [5, 5.41) is 11.7. The lowest BCUT2D eigenvalue weighted by Gasteiger charge is -2.20. The largest absolute Gasteiger partial charge is 0.359 e. The monoisotopic (exact) mass is 365 g/mol. The number of amides is 2. The molecule has 2 amide bonds. The average molecular weight is 365 g/mol. The fourth-order valence-electron chi connectivity index (χ4n) is 2.98. The second-order valence-electron chi connectivity index (χ2n) is 6.17. The van der Waals surface area contributed by atoms with Crippen LogP contribution in [0.15, 0.2) is 53.4 Å².